The predicted molar refractivity (Wildman–Crippen MR) is 115 cm³/mol. The second-order valence-corrected chi connectivity index (χ2v) is 8.08. The SMILES string of the molecule is O=C1C(=O)N(c2nc3ccc(F)cc3s2)C(c2cccnc2)C1=C(O)c1ccc(F)cc1. The summed E-state index contributed by atoms with van der Waals surface area (Å²) in [5.41, 5.74) is 0.960. The Morgan fingerprint density at radius 1 is 1.03 bits per heavy atom. The number of aromatic nitrogens is 2. The number of nitrogens with zero attached hydrogens (tertiary/aromatic N) is 3. The van der Waals surface area contributed by atoms with Gasteiger partial charge < -0.3 is 5.11 Å². The molecule has 9 heteroatoms. The van der Waals surface area contributed by atoms with Gasteiger partial charge in [-0.3, -0.25) is 19.5 Å². The zero-order chi connectivity index (χ0) is 22.4. The molecule has 4 aromatic rings. The average molecular weight is 449 g/mol. The van der Waals surface area contributed by atoms with Crippen molar-refractivity contribution in [1.29, 1.82) is 0 Å². The molecule has 0 bridgehead atoms. The first-order valence-corrected chi connectivity index (χ1v) is 10.3. The summed E-state index contributed by atoms with van der Waals surface area (Å²) >= 11 is 1.05. The fourth-order valence-electron chi connectivity index (χ4n) is 3.64. The highest BCUT2D eigenvalue weighted by Crippen LogP contribution is 2.44. The van der Waals surface area contributed by atoms with E-state index in [1.165, 1.54) is 47.6 Å². The van der Waals surface area contributed by atoms with Gasteiger partial charge in [0.1, 0.15) is 17.4 Å². The van der Waals surface area contributed by atoms with Crippen LogP contribution in [0.5, 0.6) is 0 Å². The Labute approximate surface area is 184 Å². The Kier molecular flexibility index (Phi) is 4.75. The van der Waals surface area contributed by atoms with Gasteiger partial charge in [0.05, 0.1) is 21.8 Å². The van der Waals surface area contributed by atoms with Gasteiger partial charge in [0.25, 0.3) is 5.78 Å². The molecule has 6 nitrogen and oxygen atoms in total. The number of thiazole rings is 1. The number of amides is 1. The number of anilines is 1. The highest BCUT2D eigenvalue weighted by Gasteiger charge is 2.48. The number of ketones is 1. The fourth-order valence-corrected chi connectivity index (χ4v) is 4.65. The molecule has 0 saturated carbocycles. The van der Waals surface area contributed by atoms with Crippen LogP contribution in [0.2, 0.25) is 0 Å². The predicted octanol–water partition coefficient (Wildman–Crippen LogP) is 4.60. The number of carbonyl (C=O) groups is 2. The van der Waals surface area contributed by atoms with Crippen molar-refractivity contribution in [3.05, 3.63) is 95.3 Å². The van der Waals surface area contributed by atoms with Crippen LogP contribution < -0.4 is 4.90 Å². The van der Waals surface area contributed by atoms with Crippen LogP contribution in [0.1, 0.15) is 17.2 Å². The molecule has 0 aliphatic carbocycles. The molecule has 1 saturated heterocycles. The molecule has 3 heterocycles. The standard InChI is InChI=1S/C23H13F2N3O3S/c24-14-5-3-12(4-6-14)20(29)18-19(13-2-1-9-26-11-13)28(22(31)21(18)30)23-27-16-8-7-15(25)10-17(16)32-23/h1-11,19,29H. The maximum Gasteiger partial charge on any atom is 0.301 e. The summed E-state index contributed by atoms with van der Waals surface area (Å²) in [6.45, 7) is 0. The molecule has 158 valence electrons. The lowest BCUT2D eigenvalue weighted by Crippen LogP contribution is -2.29. The third-order valence-electron chi connectivity index (χ3n) is 5.11. The van der Waals surface area contributed by atoms with Crippen LogP contribution in [0, 0.1) is 11.6 Å². The summed E-state index contributed by atoms with van der Waals surface area (Å²) in [6.07, 6.45) is 3.02. The Hall–Kier alpha value is -3.98. The Balaban J connectivity index is 1.72. The number of hydrogen-bond donors (Lipinski definition) is 1. The maximum atomic E-state index is 13.7. The third-order valence-corrected chi connectivity index (χ3v) is 6.12. The number of benzene rings is 2. The average Bonchev–Trinajstić information content (AvgIpc) is 3.32. The topological polar surface area (TPSA) is 83.4 Å². The first-order chi connectivity index (χ1) is 15.4. The van der Waals surface area contributed by atoms with Crippen LogP contribution >= 0.6 is 11.3 Å². The Morgan fingerprint density at radius 3 is 2.50 bits per heavy atom. The highest BCUT2D eigenvalue weighted by molar-refractivity contribution is 7.22. The molecule has 1 amide bonds. The van der Waals surface area contributed by atoms with E-state index in [0.717, 1.165) is 23.5 Å². The number of fused-ring (bicyclic) bond motifs is 1. The largest absolute Gasteiger partial charge is 0.507 e. The smallest absolute Gasteiger partial charge is 0.301 e. The number of carbonyl (C=O) groups excluding carboxylic acids is 2. The minimum absolute atomic E-state index is 0.167. The van der Waals surface area contributed by atoms with E-state index in [1.54, 1.807) is 12.1 Å². The number of aliphatic hydroxyl groups is 1. The van der Waals surface area contributed by atoms with Crippen LogP contribution in [0.3, 0.4) is 0 Å². The molecule has 32 heavy (non-hydrogen) atoms. The van der Waals surface area contributed by atoms with E-state index >= 15 is 0 Å². The molecule has 1 N–H and O–H groups in total. The van der Waals surface area contributed by atoms with Crippen LogP contribution in [0.15, 0.2) is 72.6 Å². The van der Waals surface area contributed by atoms with E-state index in [0.29, 0.717) is 15.8 Å². The molecule has 0 radical (unpaired) electrons. The number of rotatable bonds is 3. The first kappa shape index (κ1) is 20.0. The molecule has 1 atom stereocenters. The highest BCUT2D eigenvalue weighted by atomic mass is 32.1. The van der Waals surface area contributed by atoms with Gasteiger partial charge in [-0.05, 0) is 54.1 Å². The minimum Gasteiger partial charge on any atom is -0.507 e. The van der Waals surface area contributed by atoms with Crippen molar-refractivity contribution >= 4 is 44.1 Å². The van der Waals surface area contributed by atoms with Crippen LogP contribution in [-0.2, 0) is 9.59 Å². The molecule has 0 spiro atoms. The summed E-state index contributed by atoms with van der Waals surface area (Å²) < 4.78 is 27.5. The van der Waals surface area contributed by atoms with Gasteiger partial charge in [-0.25, -0.2) is 13.8 Å². The molecule has 1 unspecified atom stereocenters. The molecule has 1 fully saturated rings. The Morgan fingerprint density at radius 2 is 1.78 bits per heavy atom. The number of hydrogen-bond acceptors (Lipinski definition) is 6. The zero-order valence-electron chi connectivity index (χ0n) is 16.2. The van der Waals surface area contributed by atoms with Crippen LogP contribution in [-0.4, -0.2) is 26.8 Å². The maximum absolute atomic E-state index is 13.7. The van der Waals surface area contributed by atoms with Crippen molar-refractivity contribution in [2.24, 2.45) is 0 Å². The van der Waals surface area contributed by atoms with Gasteiger partial charge in [-0.1, -0.05) is 17.4 Å². The summed E-state index contributed by atoms with van der Waals surface area (Å²) in [5, 5.41) is 11.1. The van der Waals surface area contributed by atoms with Crippen molar-refractivity contribution in [3.63, 3.8) is 0 Å². The second kappa shape index (κ2) is 7.61. The van der Waals surface area contributed by atoms with Crippen LogP contribution in [0.25, 0.3) is 16.0 Å². The molecular formula is C23H13F2N3O3S. The number of pyridine rings is 1. The number of aliphatic hydroxyl groups excluding tert-OH is 1. The summed E-state index contributed by atoms with van der Waals surface area (Å²) in [4.78, 5) is 35.8. The van der Waals surface area contributed by atoms with E-state index in [1.807, 2.05) is 0 Å². The van der Waals surface area contributed by atoms with Crippen molar-refractivity contribution in [2.45, 2.75) is 6.04 Å². The van der Waals surface area contributed by atoms with Crippen molar-refractivity contribution in [2.75, 3.05) is 4.90 Å². The number of halogens is 2. The van der Waals surface area contributed by atoms with Crippen molar-refractivity contribution in [1.82, 2.24) is 9.97 Å². The molecule has 5 rings (SSSR count). The Bertz CT molecular complexity index is 1400. The lowest BCUT2D eigenvalue weighted by atomic mass is 9.96. The van der Waals surface area contributed by atoms with Gasteiger partial charge in [-0.15, -0.1) is 0 Å². The van der Waals surface area contributed by atoms with Crippen molar-refractivity contribution in [3.8, 4) is 0 Å². The normalized spacial score (nSPS) is 17.9. The zero-order valence-corrected chi connectivity index (χ0v) is 17.0. The van der Waals surface area contributed by atoms with Gasteiger partial charge in [0.15, 0.2) is 5.13 Å². The third kappa shape index (κ3) is 3.23. The molecule has 1 aliphatic rings. The molecule has 2 aromatic carbocycles. The van der Waals surface area contributed by atoms with Crippen LogP contribution in [0.4, 0.5) is 13.9 Å². The quantitative estimate of drug-likeness (QED) is 0.281. The molecule has 1 aliphatic heterocycles. The minimum atomic E-state index is -1.01. The van der Waals surface area contributed by atoms with Gasteiger partial charge in [0, 0.05) is 18.0 Å². The fraction of sp³-hybridized carbons (Fsp3) is 0.0435. The lowest BCUT2D eigenvalue weighted by Gasteiger charge is -2.22. The summed E-state index contributed by atoms with van der Waals surface area (Å²) in [6, 6.07) is 11.3. The summed E-state index contributed by atoms with van der Waals surface area (Å²) in [5.74, 6) is -3.19. The van der Waals surface area contributed by atoms with E-state index in [9.17, 15) is 23.5 Å². The molecule has 2 aromatic heterocycles. The van der Waals surface area contributed by atoms with E-state index < -0.39 is 35.1 Å². The molecular weight excluding hydrogens is 436 g/mol. The van der Waals surface area contributed by atoms with Gasteiger partial charge >= 0.3 is 5.91 Å². The van der Waals surface area contributed by atoms with Crippen molar-refractivity contribution < 1.29 is 23.5 Å². The second-order valence-electron chi connectivity index (χ2n) is 7.07. The number of Topliss-reactive ketones (excluding diaryl/α,β-unsaturated/α-hetero) is 1. The van der Waals surface area contributed by atoms with E-state index in [4.69, 9.17) is 0 Å². The lowest BCUT2D eigenvalue weighted by molar-refractivity contribution is -0.132. The first-order valence-electron chi connectivity index (χ1n) is 9.47. The monoisotopic (exact) mass is 449 g/mol. The summed E-state index contributed by atoms with van der Waals surface area (Å²) in [7, 11) is 0. The van der Waals surface area contributed by atoms with E-state index in [-0.39, 0.29) is 16.3 Å². The van der Waals surface area contributed by atoms with E-state index in [2.05, 4.69) is 9.97 Å². The van der Waals surface area contributed by atoms with Gasteiger partial charge in [-0.2, -0.15) is 0 Å². The van der Waals surface area contributed by atoms with Gasteiger partial charge in [0.2, 0.25) is 0 Å².